The zero-order chi connectivity index (χ0) is 19.7. The zero-order valence-corrected chi connectivity index (χ0v) is 16.9. The molecule has 3 aliphatic heterocycles. The molecule has 0 aliphatic carbocycles. The van der Waals surface area contributed by atoms with E-state index in [1.165, 1.54) is 6.33 Å². The normalized spacial score (nSPS) is 36.7. The third kappa shape index (κ3) is 3.10. The topological polar surface area (TPSA) is 89.8 Å². The van der Waals surface area contributed by atoms with E-state index >= 15 is 0 Å². The van der Waals surface area contributed by atoms with E-state index in [9.17, 15) is 0 Å². The summed E-state index contributed by atoms with van der Waals surface area (Å²) in [6.07, 6.45) is 2.15. The molecule has 5 rings (SSSR count). The van der Waals surface area contributed by atoms with Crippen LogP contribution in [0.5, 0.6) is 0 Å². The first-order valence-corrected chi connectivity index (χ1v) is 9.76. The monoisotopic (exact) mass is 410 g/mol. The highest BCUT2D eigenvalue weighted by Gasteiger charge is 2.55. The van der Waals surface area contributed by atoms with E-state index in [1.54, 1.807) is 6.33 Å². The van der Waals surface area contributed by atoms with Crippen LogP contribution >= 0.6 is 11.6 Å². The van der Waals surface area contributed by atoms with Gasteiger partial charge in [0.2, 0.25) is 0 Å². The van der Waals surface area contributed by atoms with E-state index in [0.29, 0.717) is 29.3 Å². The van der Waals surface area contributed by atoms with Gasteiger partial charge in [0.25, 0.3) is 0 Å². The highest BCUT2D eigenvalue weighted by Crippen LogP contribution is 2.43. The lowest BCUT2D eigenvalue weighted by Crippen LogP contribution is -2.55. The Balaban J connectivity index is 1.53. The van der Waals surface area contributed by atoms with Crippen molar-refractivity contribution in [3.63, 3.8) is 0 Å². The second-order valence-corrected chi connectivity index (χ2v) is 8.64. The first-order valence-electron chi connectivity index (χ1n) is 9.38. The van der Waals surface area contributed by atoms with Crippen LogP contribution in [0.2, 0.25) is 5.15 Å². The van der Waals surface area contributed by atoms with Crippen molar-refractivity contribution in [2.24, 2.45) is 0 Å². The maximum Gasteiger partial charge on any atom is 0.166 e. The highest BCUT2D eigenvalue weighted by atomic mass is 35.5. The first-order chi connectivity index (χ1) is 13.2. The Morgan fingerprint density at radius 3 is 2.57 bits per heavy atom. The predicted molar refractivity (Wildman–Crippen MR) is 97.6 cm³/mol. The van der Waals surface area contributed by atoms with Gasteiger partial charge in [-0.15, -0.1) is 0 Å². The summed E-state index contributed by atoms with van der Waals surface area (Å²) in [6, 6.07) is 0. The van der Waals surface area contributed by atoms with Gasteiger partial charge in [0.1, 0.15) is 36.4 Å². The number of fused-ring (bicyclic) bond motifs is 4. The summed E-state index contributed by atoms with van der Waals surface area (Å²) in [6.45, 7) is 8.00. The van der Waals surface area contributed by atoms with Crippen LogP contribution in [-0.2, 0) is 23.7 Å². The zero-order valence-electron chi connectivity index (χ0n) is 16.2. The molecule has 3 aliphatic rings. The fourth-order valence-electron chi connectivity index (χ4n) is 4.20. The van der Waals surface area contributed by atoms with Gasteiger partial charge >= 0.3 is 0 Å². The molecule has 152 valence electrons. The average Bonchev–Trinajstić information content (AvgIpc) is 3.13. The van der Waals surface area contributed by atoms with Gasteiger partial charge in [0.15, 0.2) is 22.4 Å². The fraction of sp³-hybridized carbons (Fsp3) is 0.722. The van der Waals surface area contributed by atoms with E-state index in [1.807, 2.05) is 32.3 Å². The Kier molecular flexibility index (Phi) is 4.21. The quantitative estimate of drug-likeness (QED) is 0.662. The molecule has 3 saturated heterocycles. The van der Waals surface area contributed by atoms with Crippen molar-refractivity contribution in [1.82, 2.24) is 19.5 Å². The van der Waals surface area contributed by atoms with Crippen molar-refractivity contribution >= 4 is 22.8 Å². The Morgan fingerprint density at radius 1 is 1.00 bits per heavy atom. The van der Waals surface area contributed by atoms with Crippen LogP contribution in [-0.4, -0.2) is 62.1 Å². The molecule has 0 N–H and O–H groups in total. The Bertz CT molecular complexity index is 903. The lowest BCUT2D eigenvalue weighted by molar-refractivity contribution is -0.331. The van der Waals surface area contributed by atoms with E-state index in [-0.39, 0.29) is 30.6 Å². The third-order valence-corrected chi connectivity index (χ3v) is 5.59. The van der Waals surface area contributed by atoms with E-state index in [4.69, 9.17) is 35.3 Å². The molecule has 2 unspecified atom stereocenters. The predicted octanol–water partition coefficient (Wildman–Crippen LogP) is 2.44. The Labute approximate surface area is 167 Å². The standard InChI is InChI=1S/C18H23ClN4O5/c1-17(2)24-6-10-14(27-17)13-9(26-18(3,4)28-13)5-11(25-10)23-8-22-12-15(19)20-7-21-16(12)23/h7-11,13-14H,5-6H2,1-4H3/t9-,10?,11-,13?,14-/m1/s1. The molecule has 0 aromatic carbocycles. The van der Waals surface area contributed by atoms with Crippen LogP contribution < -0.4 is 0 Å². The van der Waals surface area contributed by atoms with E-state index in [2.05, 4.69) is 15.0 Å². The van der Waals surface area contributed by atoms with Crippen molar-refractivity contribution in [1.29, 1.82) is 0 Å². The number of nitrogens with zero attached hydrogens (tertiary/aromatic N) is 4. The number of halogens is 1. The summed E-state index contributed by atoms with van der Waals surface area (Å²) in [5.41, 5.74) is 1.14. The van der Waals surface area contributed by atoms with Crippen LogP contribution in [0, 0.1) is 0 Å². The minimum absolute atomic E-state index is 0.210. The third-order valence-electron chi connectivity index (χ3n) is 5.32. The van der Waals surface area contributed by atoms with Gasteiger partial charge in [-0.3, -0.25) is 4.57 Å². The average molecular weight is 411 g/mol. The van der Waals surface area contributed by atoms with Gasteiger partial charge in [0, 0.05) is 6.42 Å². The van der Waals surface area contributed by atoms with Crippen LogP contribution in [0.1, 0.15) is 40.3 Å². The lowest BCUT2D eigenvalue weighted by Gasteiger charge is -2.42. The first kappa shape index (κ1) is 18.7. The summed E-state index contributed by atoms with van der Waals surface area (Å²) in [7, 11) is 0. The van der Waals surface area contributed by atoms with E-state index in [0.717, 1.165) is 0 Å². The minimum atomic E-state index is -0.715. The molecule has 2 aromatic rings. The maximum atomic E-state index is 6.42. The van der Waals surface area contributed by atoms with Crippen molar-refractivity contribution in [2.75, 3.05) is 6.61 Å². The molecule has 28 heavy (non-hydrogen) atoms. The SMILES string of the molecule is CC1(C)OCC2O[C@@H](n3cnc4c(Cl)ncnc43)C[C@H]3OC(C)(C)OC3[C@@H]2O1. The summed E-state index contributed by atoms with van der Waals surface area (Å²) in [5.74, 6) is -1.41. The van der Waals surface area contributed by atoms with Crippen molar-refractivity contribution in [2.45, 2.75) is 76.3 Å². The van der Waals surface area contributed by atoms with Crippen LogP contribution in [0.25, 0.3) is 11.2 Å². The number of imidazole rings is 1. The van der Waals surface area contributed by atoms with Crippen LogP contribution in [0.15, 0.2) is 12.7 Å². The molecule has 5 atom stereocenters. The van der Waals surface area contributed by atoms with Crippen molar-refractivity contribution in [3.05, 3.63) is 17.8 Å². The molecule has 0 amide bonds. The summed E-state index contributed by atoms with van der Waals surface area (Å²) in [5, 5.41) is 0.306. The summed E-state index contributed by atoms with van der Waals surface area (Å²) >= 11 is 6.16. The molecular weight excluding hydrogens is 388 g/mol. The van der Waals surface area contributed by atoms with Gasteiger partial charge < -0.3 is 23.7 Å². The molecule has 3 fully saturated rings. The molecule has 10 heteroatoms. The molecule has 0 bridgehead atoms. The van der Waals surface area contributed by atoms with Gasteiger partial charge in [0.05, 0.1) is 19.0 Å². The van der Waals surface area contributed by atoms with Crippen molar-refractivity contribution in [3.8, 4) is 0 Å². The fourth-order valence-corrected chi connectivity index (χ4v) is 4.38. The number of hydrogen-bond donors (Lipinski definition) is 0. The number of aromatic nitrogens is 4. The minimum Gasteiger partial charge on any atom is -0.349 e. The smallest absolute Gasteiger partial charge is 0.166 e. The largest absolute Gasteiger partial charge is 0.349 e. The number of rotatable bonds is 1. The van der Waals surface area contributed by atoms with Crippen molar-refractivity contribution < 1.29 is 23.7 Å². The molecule has 9 nitrogen and oxygen atoms in total. The molecule has 0 radical (unpaired) electrons. The lowest BCUT2D eigenvalue weighted by atomic mass is 10.0. The summed E-state index contributed by atoms with van der Waals surface area (Å²) in [4.78, 5) is 12.7. The second kappa shape index (κ2) is 6.32. The molecule has 0 spiro atoms. The highest BCUT2D eigenvalue weighted by molar-refractivity contribution is 6.33. The number of hydrogen-bond acceptors (Lipinski definition) is 8. The van der Waals surface area contributed by atoms with E-state index < -0.39 is 11.6 Å². The van der Waals surface area contributed by atoms with Crippen LogP contribution in [0.4, 0.5) is 0 Å². The molecular formula is C18H23ClN4O5. The van der Waals surface area contributed by atoms with Gasteiger partial charge in [-0.1, -0.05) is 11.6 Å². The molecule has 2 aromatic heterocycles. The second-order valence-electron chi connectivity index (χ2n) is 8.29. The number of ether oxygens (including phenoxy) is 5. The Morgan fingerprint density at radius 2 is 1.75 bits per heavy atom. The van der Waals surface area contributed by atoms with Crippen LogP contribution in [0.3, 0.4) is 0 Å². The molecule has 0 saturated carbocycles. The van der Waals surface area contributed by atoms with Gasteiger partial charge in [-0.05, 0) is 27.7 Å². The summed E-state index contributed by atoms with van der Waals surface area (Å²) < 4.78 is 32.7. The molecule has 5 heterocycles. The Hall–Kier alpha value is -1.36. The van der Waals surface area contributed by atoms with Gasteiger partial charge in [-0.2, -0.15) is 0 Å². The van der Waals surface area contributed by atoms with Gasteiger partial charge in [-0.25, -0.2) is 15.0 Å². The maximum absolute atomic E-state index is 6.42.